The molecule has 1 rings (SSSR count). The predicted molar refractivity (Wildman–Crippen MR) is 30.6 cm³/mol. The highest BCUT2D eigenvalue weighted by Gasteiger charge is 2.41. The van der Waals surface area contributed by atoms with Crippen molar-refractivity contribution in [3.05, 3.63) is 0 Å². The zero-order chi connectivity index (χ0) is 7.07. The van der Waals surface area contributed by atoms with Crippen molar-refractivity contribution in [1.82, 2.24) is 0 Å². The van der Waals surface area contributed by atoms with Crippen molar-refractivity contribution in [3.63, 3.8) is 0 Å². The first-order chi connectivity index (χ1) is 4.04. The molecule has 0 amide bonds. The fourth-order valence-electron chi connectivity index (χ4n) is 0.823. The summed E-state index contributed by atoms with van der Waals surface area (Å²) in [6, 6.07) is 0. The van der Waals surface area contributed by atoms with Gasteiger partial charge in [-0.1, -0.05) is 0 Å². The van der Waals surface area contributed by atoms with Gasteiger partial charge in [0.25, 0.3) is 0 Å². The fraction of sp³-hybridized carbons (Fsp3) is 1.00. The summed E-state index contributed by atoms with van der Waals surface area (Å²) in [6.45, 7) is 1.65. The minimum Gasteiger partial charge on any atom is -0.388 e. The van der Waals surface area contributed by atoms with E-state index in [1.165, 1.54) is 6.92 Å². The number of aliphatic hydroxyl groups is 2. The van der Waals surface area contributed by atoms with Crippen molar-refractivity contribution in [2.75, 3.05) is 6.61 Å². The molecule has 9 heavy (non-hydrogen) atoms. The van der Waals surface area contributed by atoms with Gasteiger partial charge in [0, 0.05) is 0 Å². The van der Waals surface area contributed by atoms with E-state index >= 15 is 0 Å². The highest BCUT2D eigenvalue weighted by molar-refractivity contribution is 4.89. The molecule has 3 atom stereocenters. The molecular weight excluding hydrogens is 122 g/mol. The van der Waals surface area contributed by atoms with Gasteiger partial charge >= 0.3 is 0 Å². The van der Waals surface area contributed by atoms with Crippen molar-refractivity contribution in [3.8, 4) is 0 Å². The second-order valence-corrected chi connectivity index (χ2v) is 2.51. The monoisotopic (exact) mass is 133 g/mol. The summed E-state index contributed by atoms with van der Waals surface area (Å²) in [5.41, 5.74) is 4.31. The van der Waals surface area contributed by atoms with Crippen LogP contribution in [0.25, 0.3) is 0 Å². The van der Waals surface area contributed by atoms with Crippen molar-refractivity contribution in [1.29, 1.82) is 0 Å². The first-order valence-corrected chi connectivity index (χ1v) is 2.83. The predicted octanol–water partition coefficient (Wildman–Crippen LogP) is -1.59. The molecule has 54 valence electrons. The molecule has 1 heterocycles. The lowest BCUT2D eigenvalue weighted by Crippen LogP contribution is -2.48. The van der Waals surface area contributed by atoms with E-state index in [1.54, 1.807) is 0 Å². The Labute approximate surface area is 53.2 Å². The third kappa shape index (κ3) is 1.07. The van der Waals surface area contributed by atoms with Crippen LogP contribution in [0.2, 0.25) is 0 Å². The van der Waals surface area contributed by atoms with Crippen LogP contribution in [-0.4, -0.2) is 34.8 Å². The lowest BCUT2D eigenvalue weighted by atomic mass is 10.1. The van der Waals surface area contributed by atoms with Gasteiger partial charge in [-0.15, -0.1) is 0 Å². The minimum atomic E-state index is -1.07. The third-order valence-electron chi connectivity index (χ3n) is 1.52. The fourth-order valence-corrected chi connectivity index (χ4v) is 0.823. The quantitative estimate of drug-likeness (QED) is 0.372. The van der Waals surface area contributed by atoms with Gasteiger partial charge in [-0.05, 0) is 6.92 Å². The molecule has 0 saturated carbocycles. The molecule has 0 aromatic carbocycles. The van der Waals surface area contributed by atoms with Gasteiger partial charge in [-0.25, -0.2) is 0 Å². The first kappa shape index (κ1) is 6.95. The molecule has 4 N–H and O–H groups in total. The van der Waals surface area contributed by atoms with Gasteiger partial charge in [0.05, 0.1) is 6.61 Å². The zero-order valence-corrected chi connectivity index (χ0v) is 5.24. The van der Waals surface area contributed by atoms with Crippen molar-refractivity contribution in [2.24, 2.45) is 5.73 Å². The Hall–Kier alpha value is -0.160. The number of hydrogen-bond donors (Lipinski definition) is 3. The van der Waals surface area contributed by atoms with Gasteiger partial charge < -0.3 is 20.7 Å². The number of rotatable bonds is 0. The Bertz CT molecular complexity index is 115. The Balaban J connectivity index is 2.62. The molecule has 1 fully saturated rings. The Morgan fingerprint density at radius 2 is 2.22 bits per heavy atom. The number of hydrogen-bond acceptors (Lipinski definition) is 4. The van der Waals surface area contributed by atoms with Crippen LogP contribution in [0.3, 0.4) is 0 Å². The second-order valence-electron chi connectivity index (χ2n) is 2.51. The van der Waals surface area contributed by atoms with Crippen LogP contribution >= 0.6 is 0 Å². The molecule has 0 aromatic rings. The summed E-state index contributed by atoms with van der Waals surface area (Å²) in [7, 11) is 0. The SMILES string of the molecule is CC1(N)OCC(O)C1O. The van der Waals surface area contributed by atoms with Crippen molar-refractivity contribution >= 4 is 0 Å². The Kier molecular flexibility index (Phi) is 1.48. The van der Waals surface area contributed by atoms with Crippen LogP contribution in [-0.2, 0) is 4.74 Å². The second kappa shape index (κ2) is 1.91. The van der Waals surface area contributed by atoms with Crippen LogP contribution in [0.4, 0.5) is 0 Å². The van der Waals surface area contributed by atoms with E-state index in [0.717, 1.165) is 0 Å². The van der Waals surface area contributed by atoms with Gasteiger partial charge in [-0.3, -0.25) is 0 Å². The van der Waals surface area contributed by atoms with E-state index < -0.39 is 17.9 Å². The highest BCUT2D eigenvalue weighted by Crippen LogP contribution is 2.19. The summed E-state index contributed by atoms with van der Waals surface area (Å²) in [5, 5.41) is 17.9. The normalized spacial score (nSPS) is 52.0. The topological polar surface area (TPSA) is 75.7 Å². The number of aliphatic hydroxyl groups excluding tert-OH is 2. The molecular formula is C5H11NO3. The molecule has 0 radical (unpaired) electrons. The van der Waals surface area contributed by atoms with E-state index in [4.69, 9.17) is 20.7 Å². The molecule has 0 spiro atoms. The maximum absolute atomic E-state index is 9.03. The maximum atomic E-state index is 9.03. The van der Waals surface area contributed by atoms with Gasteiger partial charge in [0.2, 0.25) is 0 Å². The van der Waals surface area contributed by atoms with Gasteiger partial charge in [0.1, 0.15) is 17.9 Å². The molecule has 0 aliphatic carbocycles. The molecule has 1 saturated heterocycles. The van der Waals surface area contributed by atoms with Crippen molar-refractivity contribution < 1.29 is 14.9 Å². The number of nitrogens with two attached hydrogens (primary N) is 1. The average Bonchev–Trinajstić information content (AvgIpc) is 1.97. The van der Waals surface area contributed by atoms with E-state index in [1.807, 2.05) is 0 Å². The van der Waals surface area contributed by atoms with Gasteiger partial charge in [0.15, 0.2) is 0 Å². The van der Waals surface area contributed by atoms with Crippen LogP contribution in [0, 0.1) is 0 Å². The van der Waals surface area contributed by atoms with E-state index in [-0.39, 0.29) is 6.61 Å². The Morgan fingerprint density at radius 1 is 1.67 bits per heavy atom. The molecule has 3 unspecified atom stereocenters. The summed E-state index contributed by atoms with van der Waals surface area (Å²) >= 11 is 0. The maximum Gasteiger partial charge on any atom is 0.142 e. The largest absolute Gasteiger partial charge is 0.388 e. The highest BCUT2D eigenvalue weighted by atomic mass is 16.6. The summed E-state index contributed by atoms with van der Waals surface area (Å²) in [4.78, 5) is 0. The van der Waals surface area contributed by atoms with Crippen molar-refractivity contribution in [2.45, 2.75) is 24.9 Å². The molecule has 0 aromatic heterocycles. The standard InChI is InChI=1S/C5H11NO3/c1-5(6)4(8)3(7)2-9-5/h3-4,7-8H,2,6H2,1H3. The summed E-state index contributed by atoms with van der Waals surface area (Å²) < 4.78 is 4.84. The van der Waals surface area contributed by atoms with E-state index in [9.17, 15) is 0 Å². The molecule has 4 nitrogen and oxygen atoms in total. The minimum absolute atomic E-state index is 0.119. The lowest BCUT2D eigenvalue weighted by molar-refractivity contribution is -0.0458. The molecule has 0 bridgehead atoms. The first-order valence-electron chi connectivity index (χ1n) is 2.83. The van der Waals surface area contributed by atoms with Crippen LogP contribution < -0.4 is 5.73 Å². The van der Waals surface area contributed by atoms with E-state index in [0.29, 0.717) is 0 Å². The Morgan fingerprint density at radius 3 is 2.33 bits per heavy atom. The van der Waals surface area contributed by atoms with Gasteiger partial charge in [-0.2, -0.15) is 0 Å². The molecule has 1 aliphatic heterocycles. The zero-order valence-electron chi connectivity index (χ0n) is 5.24. The lowest BCUT2D eigenvalue weighted by Gasteiger charge is -2.21. The molecule has 4 heteroatoms. The van der Waals surface area contributed by atoms with Crippen LogP contribution in [0.1, 0.15) is 6.92 Å². The smallest absolute Gasteiger partial charge is 0.142 e. The molecule has 1 aliphatic rings. The average molecular weight is 133 g/mol. The third-order valence-corrected chi connectivity index (χ3v) is 1.52. The van der Waals surface area contributed by atoms with E-state index in [2.05, 4.69) is 0 Å². The summed E-state index contributed by atoms with van der Waals surface area (Å²) in [5.74, 6) is 0. The number of ether oxygens (including phenoxy) is 1. The summed E-state index contributed by atoms with van der Waals surface area (Å²) in [6.07, 6.45) is -1.79. The van der Waals surface area contributed by atoms with Crippen LogP contribution in [0.15, 0.2) is 0 Å². The van der Waals surface area contributed by atoms with Crippen LogP contribution in [0.5, 0.6) is 0 Å².